The molecule has 1 aromatic rings. The monoisotopic (exact) mass is 293 g/mol. The average Bonchev–Trinajstić information content (AvgIpc) is 2.88. The van der Waals surface area contributed by atoms with Crippen LogP contribution in [0.5, 0.6) is 0 Å². The van der Waals surface area contributed by atoms with E-state index in [0.717, 1.165) is 6.54 Å². The Hall–Kier alpha value is -1.61. The van der Waals surface area contributed by atoms with E-state index in [-0.39, 0.29) is 17.9 Å². The van der Waals surface area contributed by atoms with E-state index in [2.05, 4.69) is 10.6 Å². The molecule has 2 unspecified atom stereocenters. The van der Waals surface area contributed by atoms with Crippen molar-refractivity contribution < 1.29 is 9.53 Å². The zero-order chi connectivity index (χ0) is 14.5. The Kier molecular flexibility index (Phi) is 4.96. The second-order valence-corrected chi connectivity index (χ2v) is 5.04. The van der Waals surface area contributed by atoms with Crippen molar-refractivity contribution in [3.05, 3.63) is 28.8 Å². The summed E-state index contributed by atoms with van der Waals surface area (Å²) in [5, 5.41) is 15.5. The second kappa shape index (κ2) is 6.71. The molecule has 5 nitrogen and oxygen atoms in total. The first-order chi connectivity index (χ1) is 9.65. The Morgan fingerprint density at radius 1 is 1.55 bits per heavy atom. The van der Waals surface area contributed by atoms with Crippen LogP contribution in [0.2, 0.25) is 5.02 Å². The van der Waals surface area contributed by atoms with Crippen LogP contribution in [-0.2, 0) is 9.53 Å². The molecule has 2 atom stereocenters. The van der Waals surface area contributed by atoms with Gasteiger partial charge >= 0.3 is 0 Å². The molecule has 106 valence electrons. The Bertz CT molecular complexity index is 542. The van der Waals surface area contributed by atoms with Crippen molar-refractivity contribution in [3.8, 4) is 6.07 Å². The largest absolute Gasteiger partial charge is 0.379 e. The lowest BCUT2D eigenvalue weighted by molar-refractivity contribution is -0.120. The fraction of sp³-hybridized carbons (Fsp3) is 0.429. The first-order valence-electron chi connectivity index (χ1n) is 6.47. The fourth-order valence-corrected chi connectivity index (χ4v) is 2.39. The number of amides is 1. The van der Waals surface area contributed by atoms with Gasteiger partial charge in [-0.2, -0.15) is 5.26 Å². The van der Waals surface area contributed by atoms with Gasteiger partial charge in [-0.3, -0.25) is 4.79 Å². The maximum Gasteiger partial charge on any atom is 0.231 e. The number of nitriles is 1. The van der Waals surface area contributed by atoms with Crippen LogP contribution in [0.3, 0.4) is 0 Å². The van der Waals surface area contributed by atoms with Gasteiger partial charge in [0.2, 0.25) is 5.91 Å². The molecule has 1 amide bonds. The van der Waals surface area contributed by atoms with E-state index in [9.17, 15) is 4.79 Å². The zero-order valence-electron chi connectivity index (χ0n) is 11.1. The van der Waals surface area contributed by atoms with E-state index in [4.69, 9.17) is 21.6 Å². The topological polar surface area (TPSA) is 74.2 Å². The minimum Gasteiger partial charge on any atom is -0.379 e. The highest BCUT2D eigenvalue weighted by atomic mass is 35.5. The minimum atomic E-state index is -0.263. The molecule has 1 heterocycles. The van der Waals surface area contributed by atoms with Crippen LogP contribution >= 0.6 is 11.6 Å². The number of likely N-dealkylation sites (N-methyl/N-ethyl adjacent to an activating group) is 1. The van der Waals surface area contributed by atoms with E-state index in [0.29, 0.717) is 29.5 Å². The Morgan fingerprint density at radius 2 is 2.35 bits per heavy atom. The Labute approximate surface area is 122 Å². The number of carbonyl (C=O) groups excluding carboxylic acids is 1. The molecule has 0 aromatic heterocycles. The molecule has 2 N–H and O–H groups in total. The molecule has 0 radical (unpaired) electrons. The third-order valence-electron chi connectivity index (χ3n) is 3.24. The van der Waals surface area contributed by atoms with E-state index in [1.807, 2.05) is 13.0 Å². The number of hydrogen-bond acceptors (Lipinski definition) is 4. The number of ether oxygens (including phenoxy) is 1. The van der Waals surface area contributed by atoms with Crippen LogP contribution in [0.4, 0.5) is 5.69 Å². The van der Waals surface area contributed by atoms with Gasteiger partial charge in [-0.1, -0.05) is 18.5 Å². The Morgan fingerprint density at radius 3 is 3.05 bits per heavy atom. The lowest BCUT2D eigenvalue weighted by Gasteiger charge is -2.18. The van der Waals surface area contributed by atoms with E-state index in [1.165, 1.54) is 0 Å². The van der Waals surface area contributed by atoms with Crippen LogP contribution < -0.4 is 10.6 Å². The standard InChI is InChI=1S/C14H16ClN3O2/c1-2-17-13-8-20-7-11(13)14(19)18-12-5-10(15)4-3-9(12)6-16/h3-5,11,13,17H,2,7-8H2,1H3,(H,18,19). The SMILES string of the molecule is CCNC1COCC1C(=O)Nc1cc(Cl)ccc1C#N. The highest BCUT2D eigenvalue weighted by Gasteiger charge is 2.33. The summed E-state index contributed by atoms with van der Waals surface area (Å²) in [6, 6.07) is 6.83. The third kappa shape index (κ3) is 3.28. The minimum absolute atomic E-state index is 0.00437. The third-order valence-corrected chi connectivity index (χ3v) is 3.48. The van der Waals surface area contributed by atoms with Crippen molar-refractivity contribution in [2.24, 2.45) is 5.92 Å². The molecule has 6 heteroatoms. The van der Waals surface area contributed by atoms with Gasteiger partial charge in [-0.25, -0.2) is 0 Å². The van der Waals surface area contributed by atoms with E-state index in [1.54, 1.807) is 18.2 Å². The summed E-state index contributed by atoms with van der Waals surface area (Å²) in [6.45, 7) is 3.66. The summed E-state index contributed by atoms with van der Waals surface area (Å²) in [6.07, 6.45) is 0. The number of nitrogens with zero attached hydrogens (tertiary/aromatic N) is 1. The fourth-order valence-electron chi connectivity index (χ4n) is 2.22. The van der Waals surface area contributed by atoms with Crippen LogP contribution in [0.1, 0.15) is 12.5 Å². The zero-order valence-corrected chi connectivity index (χ0v) is 11.9. The van der Waals surface area contributed by atoms with Gasteiger partial charge in [0.05, 0.1) is 30.4 Å². The van der Waals surface area contributed by atoms with E-state index < -0.39 is 0 Å². The van der Waals surface area contributed by atoms with Gasteiger partial charge in [0.25, 0.3) is 0 Å². The summed E-state index contributed by atoms with van der Waals surface area (Å²) in [5.74, 6) is -0.423. The van der Waals surface area contributed by atoms with Crippen LogP contribution in [0.25, 0.3) is 0 Å². The molecule has 1 aliphatic rings. The van der Waals surface area contributed by atoms with Gasteiger partial charge < -0.3 is 15.4 Å². The number of carbonyl (C=O) groups is 1. The second-order valence-electron chi connectivity index (χ2n) is 4.60. The van der Waals surface area contributed by atoms with Crippen molar-refractivity contribution >= 4 is 23.2 Å². The number of nitrogens with one attached hydrogen (secondary N) is 2. The van der Waals surface area contributed by atoms with Gasteiger partial charge in [0.1, 0.15) is 6.07 Å². The molecule has 20 heavy (non-hydrogen) atoms. The van der Waals surface area contributed by atoms with Crippen molar-refractivity contribution in [1.82, 2.24) is 5.32 Å². The Balaban J connectivity index is 2.12. The maximum atomic E-state index is 12.3. The first-order valence-corrected chi connectivity index (χ1v) is 6.85. The molecule has 0 aliphatic carbocycles. The molecule has 1 saturated heterocycles. The molecular formula is C14H16ClN3O2. The maximum absolute atomic E-state index is 12.3. The van der Waals surface area contributed by atoms with Gasteiger partial charge in [-0.15, -0.1) is 0 Å². The molecule has 0 saturated carbocycles. The quantitative estimate of drug-likeness (QED) is 0.887. The number of benzene rings is 1. The summed E-state index contributed by atoms with van der Waals surface area (Å²) >= 11 is 5.90. The van der Waals surface area contributed by atoms with Crippen LogP contribution in [0.15, 0.2) is 18.2 Å². The predicted octanol–water partition coefficient (Wildman–Crippen LogP) is 1.77. The first kappa shape index (κ1) is 14.8. The smallest absolute Gasteiger partial charge is 0.231 e. The average molecular weight is 294 g/mol. The van der Waals surface area contributed by atoms with E-state index >= 15 is 0 Å². The highest BCUT2D eigenvalue weighted by molar-refractivity contribution is 6.31. The van der Waals surface area contributed by atoms with Gasteiger partial charge in [0.15, 0.2) is 0 Å². The molecule has 1 fully saturated rings. The van der Waals surface area contributed by atoms with Crippen LogP contribution in [-0.4, -0.2) is 31.7 Å². The number of halogens is 1. The normalized spacial score (nSPS) is 21.4. The summed E-state index contributed by atoms with van der Waals surface area (Å²) in [7, 11) is 0. The lowest BCUT2D eigenvalue weighted by Crippen LogP contribution is -2.41. The molecular weight excluding hydrogens is 278 g/mol. The molecule has 2 rings (SSSR count). The number of hydrogen-bond donors (Lipinski definition) is 2. The van der Waals surface area contributed by atoms with Gasteiger partial charge in [0, 0.05) is 11.1 Å². The van der Waals surface area contributed by atoms with Crippen molar-refractivity contribution in [2.75, 3.05) is 25.1 Å². The highest BCUT2D eigenvalue weighted by Crippen LogP contribution is 2.22. The van der Waals surface area contributed by atoms with Crippen molar-refractivity contribution in [1.29, 1.82) is 5.26 Å². The number of anilines is 1. The van der Waals surface area contributed by atoms with Crippen molar-refractivity contribution in [3.63, 3.8) is 0 Å². The number of rotatable bonds is 4. The van der Waals surface area contributed by atoms with Crippen LogP contribution in [0, 0.1) is 17.2 Å². The predicted molar refractivity (Wildman–Crippen MR) is 76.6 cm³/mol. The molecule has 1 aliphatic heterocycles. The molecule has 1 aromatic carbocycles. The molecule has 0 bridgehead atoms. The summed E-state index contributed by atoms with van der Waals surface area (Å²) < 4.78 is 5.35. The lowest BCUT2D eigenvalue weighted by atomic mass is 10.0. The summed E-state index contributed by atoms with van der Waals surface area (Å²) in [5.41, 5.74) is 0.828. The van der Waals surface area contributed by atoms with Crippen molar-refractivity contribution in [2.45, 2.75) is 13.0 Å². The summed E-state index contributed by atoms with van der Waals surface area (Å²) in [4.78, 5) is 12.3. The van der Waals surface area contributed by atoms with Gasteiger partial charge in [-0.05, 0) is 24.7 Å². The molecule has 0 spiro atoms.